The maximum Gasteiger partial charge on any atom is 0.167 e. The van der Waals surface area contributed by atoms with Gasteiger partial charge >= 0.3 is 0 Å². The van der Waals surface area contributed by atoms with Crippen LogP contribution in [0.1, 0.15) is 50.7 Å². The molecule has 31 heavy (non-hydrogen) atoms. The van der Waals surface area contributed by atoms with E-state index in [1.54, 1.807) is 12.1 Å². The molecule has 0 heterocycles. The summed E-state index contributed by atoms with van der Waals surface area (Å²) in [5.41, 5.74) is 0.779. The van der Waals surface area contributed by atoms with Crippen molar-refractivity contribution in [2.45, 2.75) is 52.4 Å². The summed E-state index contributed by atoms with van der Waals surface area (Å²) in [7, 11) is 0. The molecule has 0 amide bonds. The van der Waals surface area contributed by atoms with Gasteiger partial charge in [0.2, 0.25) is 0 Å². The van der Waals surface area contributed by atoms with E-state index < -0.39 is 29.1 Å². The van der Waals surface area contributed by atoms with Crippen molar-refractivity contribution in [3.8, 4) is 33.4 Å². The molecule has 0 nitrogen and oxygen atoms in total. The van der Waals surface area contributed by atoms with Crippen molar-refractivity contribution in [2.75, 3.05) is 0 Å². The second kappa shape index (κ2) is 8.45. The van der Waals surface area contributed by atoms with Gasteiger partial charge in [-0.05, 0) is 47.6 Å². The second-order valence-corrected chi connectivity index (χ2v) is 8.04. The molecule has 0 spiro atoms. The van der Waals surface area contributed by atoms with Gasteiger partial charge in [-0.15, -0.1) is 0 Å². The molecular formula is C26H23F5. The maximum atomic E-state index is 15.3. The monoisotopic (exact) mass is 430 g/mol. The zero-order valence-electron chi connectivity index (χ0n) is 17.5. The minimum absolute atomic E-state index is 0.0845. The summed E-state index contributed by atoms with van der Waals surface area (Å²) in [5.74, 6) is -5.06. The van der Waals surface area contributed by atoms with Crippen molar-refractivity contribution >= 4 is 0 Å². The molecule has 0 aliphatic heterocycles. The summed E-state index contributed by atoms with van der Waals surface area (Å²) in [6, 6.07) is 7.28. The Hall–Kier alpha value is -2.69. The number of fused-ring (bicyclic) bond motifs is 4. The molecule has 5 heteroatoms. The fourth-order valence-electron chi connectivity index (χ4n) is 4.33. The lowest BCUT2D eigenvalue weighted by Gasteiger charge is -2.27. The van der Waals surface area contributed by atoms with Crippen LogP contribution >= 0.6 is 0 Å². The number of unbranched alkanes of at least 4 members (excludes halogenated alkanes) is 2. The molecule has 3 aromatic rings. The van der Waals surface area contributed by atoms with Crippen molar-refractivity contribution in [1.29, 1.82) is 0 Å². The van der Waals surface area contributed by atoms with E-state index in [-0.39, 0.29) is 33.4 Å². The van der Waals surface area contributed by atoms with Crippen LogP contribution < -0.4 is 0 Å². The van der Waals surface area contributed by atoms with Gasteiger partial charge in [-0.1, -0.05) is 57.4 Å². The van der Waals surface area contributed by atoms with Gasteiger partial charge in [0.05, 0.1) is 0 Å². The van der Waals surface area contributed by atoms with E-state index in [4.69, 9.17) is 0 Å². The topological polar surface area (TPSA) is 0 Å². The van der Waals surface area contributed by atoms with Gasteiger partial charge in [0.25, 0.3) is 0 Å². The third-order valence-corrected chi connectivity index (χ3v) is 5.99. The Kier molecular flexibility index (Phi) is 5.87. The van der Waals surface area contributed by atoms with Crippen LogP contribution in [0.5, 0.6) is 0 Å². The van der Waals surface area contributed by atoms with Gasteiger partial charge in [-0.2, -0.15) is 0 Å². The Labute approximate surface area is 178 Å². The lowest BCUT2D eigenvalue weighted by Crippen LogP contribution is -2.10. The van der Waals surface area contributed by atoms with Gasteiger partial charge in [0.15, 0.2) is 23.3 Å². The van der Waals surface area contributed by atoms with Crippen LogP contribution in [0, 0.1) is 29.1 Å². The van der Waals surface area contributed by atoms with Crippen molar-refractivity contribution < 1.29 is 22.0 Å². The highest BCUT2D eigenvalue weighted by Gasteiger charge is 2.34. The third-order valence-electron chi connectivity index (χ3n) is 5.99. The smallest absolute Gasteiger partial charge is 0.167 e. The Balaban J connectivity index is 1.76. The molecule has 0 unspecified atom stereocenters. The highest BCUT2D eigenvalue weighted by molar-refractivity contribution is 6.04. The lowest BCUT2D eigenvalue weighted by atomic mass is 9.77. The van der Waals surface area contributed by atoms with Gasteiger partial charge in [-0.25, -0.2) is 22.0 Å². The Morgan fingerprint density at radius 2 is 1.13 bits per heavy atom. The molecule has 4 rings (SSSR count). The summed E-state index contributed by atoms with van der Waals surface area (Å²) in [5, 5.41) is 0. The molecular weight excluding hydrogens is 407 g/mol. The number of hydrogen-bond acceptors (Lipinski definition) is 0. The summed E-state index contributed by atoms with van der Waals surface area (Å²) in [4.78, 5) is 0. The van der Waals surface area contributed by atoms with E-state index in [9.17, 15) is 17.6 Å². The predicted octanol–water partition coefficient (Wildman–Crippen LogP) is 8.38. The standard InChI is InChI=1S/C26H23F5/c1-3-5-6-8-14-9-10-18(25(30)22(14)27)17-12-11-16-19-13-15(7-4-2)23(28)26(31)21(19)20(16)24(17)29/h9-13H,3-8H2,1-2H3. The normalized spacial score (nSPS) is 11.8. The number of rotatable bonds is 7. The molecule has 0 radical (unpaired) electrons. The Morgan fingerprint density at radius 1 is 0.516 bits per heavy atom. The van der Waals surface area contributed by atoms with Crippen molar-refractivity contribution in [2.24, 2.45) is 0 Å². The quantitative estimate of drug-likeness (QED) is 0.204. The predicted molar refractivity (Wildman–Crippen MR) is 113 cm³/mol. The Morgan fingerprint density at radius 3 is 1.84 bits per heavy atom. The summed E-state index contributed by atoms with van der Waals surface area (Å²) in [6.45, 7) is 3.88. The SMILES string of the molecule is CCCCCc1ccc(-c2ccc3c(c2F)-c2c-3cc(CCC)c(F)c2F)c(F)c1F. The first-order chi connectivity index (χ1) is 14.9. The first-order valence-corrected chi connectivity index (χ1v) is 10.7. The number of halogens is 5. The second-order valence-electron chi connectivity index (χ2n) is 8.04. The molecule has 162 valence electrons. The van der Waals surface area contributed by atoms with Gasteiger partial charge in [0, 0.05) is 22.3 Å². The lowest BCUT2D eigenvalue weighted by molar-refractivity contribution is 0.497. The number of benzene rings is 3. The molecule has 3 aromatic carbocycles. The first kappa shape index (κ1) is 21.5. The molecule has 0 aromatic heterocycles. The molecule has 0 saturated carbocycles. The summed E-state index contributed by atoms with van der Waals surface area (Å²) >= 11 is 0. The van der Waals surface area contributed by atoms with E-state index in [0.717, 1.165) is 19.3 Å². The minimum atomic E-state index is -1.13. The van der Waals surface area contributed by atoms with Gasteiger partial charge in [-0.3, -0.25) is 0 Å². The highest BCUT2D eigenvalue weighted by Crippen LogP contribution is 2.53. The van der Waals surface area contributed by atoms with Crippen LogP contribution in [0.15, 0.2) is 30.3 Å². The van der Waals surface area contributed by atoms with E-state index in [1.165, 1.54) is 18.2 Å². The highest BCUT2D eigenvalue weighted by atomic mass is 19.2. The molecule has 1 aliphatic carbocycles. The Bertz CT molecular complexity index is 1160. The molecule has 1 aliphatic rings. The van der Waals surface area contributed by atoms with Crippen molar-refractivity contribution in [3.05, 3.63) is 70.5 Å². The average Bonchev–Trinajstić information content (AvgIpc) is 2.74. The van der Waals surface area contributed by atoms with Gasteiger partial charge < -0.3 is 0 Å². The maximum absolute atomic E-state index is 15.3. The van der Waals surface area contributed by atoms with Crippen LogP contribution in [0.2, 0.25) is 0 Å². The van der Waals surface area contributed by atoms with Crippen molar-refractivity contribution in [3.63, 3.8) is 0 Å². The largest absolute Gasteiger partial charge is 0.206 e. The minimum Gasteiger partial charge on any atom is -0.206 e. The molecule has 0 atom stereocenters. The molecule has 0 bridgehead atoms. The fraction of sp³-hybridized carbons (Fsp3) is 0.308. The fourth-order valence-corrected chi connectivity index (χ4v) is 4.33. The number of hydrogen-bond donors (Lipinski definition) is 0. The molecule has 0 saturated heterocycles. The van der Waals surface area contributed by atoms with Crippen LogP contribution in [-0.2, 0) is 12.8 Å². The number of aryl methyl sites for hydroxylation is 2. The van der Waals surface area contributed by atoms with Gasteiger partial charge in [0.1, 0.15) is 5.82 Å². The summed E-state index contributed by atoms with van der Waals surface area (Å²) < 4.78 is 73.8. The van der Waals surface area contributed by atoms with E-state index in [0.29, 0.717) is 30.4 Å². The van der Waals surface area contributed by atoms with Crippen LogP contribution in [0.25, 0.3) is 33.4 Å². The summed E-state index contributed by atoms with van der Waals surface area (Å²) in [6.07, 6.45) is 4.03. The average molecular weight is 430 g/mol. The van der Waals surface area contributed by atoms with E-state index in [2.05, 4.69) is 0 Å². The zero-order valence-corrected chi connectivity index (χ0v) is 17.5. The van der Waals surface area contributed by atoms with E-state index in [1.807, 2.05) is 13.8 Å². The van der Waals surface area contributed by atoms with Crippen LogP contribution in [0.4, 0.5) is 22.0 Å². The van der Waals surface area contributed by atoms with Crippen LogP contribution in [-0.4, -0.2) is 0 Å². The molecule has 0 N–H and O–H groups in total. The first-order valence-electron chi connectivity index (χ1n) is 10.7. The van der Waals surface area contributed by atoms with Crippen molar-refractivity contribution in [1.82, 2.24) is 0 Å². The van der Waals surface area contributed by atoms with Crippen LogP contribution in [0.3, 0.4) is 0 Å². The van der Waals surface area contributed by atoms with E-state index >= 15 is 4.39 Å². The zero-order chi connectivity index (χ0) is 22.3. The molecule has 0 fully saturated rings. The third kappa shape index (κ3) is 3.44.